The molecule has 0 heterocycles. The molecule has 0 aliphatic rings. The van der Waals surface area contributed by atoms with E-state index in [4.69, 9.17) is 5.11 Å². The van der Waals surface area contributed by atoms with Crippen molar-refractivity contribution in [1.29, 1.82) is 0 Å². The molecule has 15 heavy (non-hydrogen) atoms. The van der Waals surface area contributed by atoms with Crippen LogP contribution in [-0.2, 0) is 4.79 Å². The molecule has 0 saturated heterocycles. The molecule has 1 rings (SSSR count). The second-order valence-electron chi connectivity index (χ2n) is 2.82. The standard InChI is InChI=1S/C10H9BrINO2/c1-2-9(10(14)15)13-6-3-4-8(12)7(11)5-6/h2-5,9,13H,1H2,(H,14,15). The van der Waals surface area contributed by atoms with E-state index >= 15 is 0 Å². The Morgan fingerprint density at radius 2 is 2.33 bits per heavy atom. The van der Waals surface area contributed by atoms with Crippen molar-refractivity contribution < 1.29 is 9.90 Å². The van der Waals surface area contributed by atoms with Crippen LogP contribution >= 0.6 is 38.5 Å². The van der Waals surface area contributed by atoms with Gasteiger partial charge in [-0.2, -0.15) is 0 Å². The van der Waals surface area contributed by atoms with E-state index < -0.39 is 12.0 Å². The first-order valence-corrected chi connectivity index (χ1v) is 5.98. The summed E-state index contributed by atoms with van der Waals surface area (Å²) in [6.07, 6.45) is 1.36. The van der Waals surface area contributed by atoms with Crippen molar-refractivity contribution in [3.05, 3.63) is 38.9 Å². The van der Waals surface area contributed by atoms with Crippen molar-refractivity contribution in [2.24, 2.45) is 0 Å². The van der Waals surface area contributed by atoms with Gasteiger partial charge in [0.05, 0.1) is 0 Å². The molecule has 1 unspecified atom stereocenters. The number of rotatable bonds is 4. The van der Waals surface area contributed by atoms with Gasteiger partial charge < -0.3 is 10.4 Å². The number of carboxylic acids is 1. The zero-order chi connectivity index (χ0) is 11.4. The molecule has 0 bridgehead atoms. The highest BCUT2D eigenvalue weighted by Gasteiger charge is 2.12. The minimum absolute atomic E-state index is 0.745. The molecule has 0 spiro atoms. The van der Waals surface area contributed by atoms with Gasteiger partial charge in [-0.1, -0.05) is 6.08 Å². The maximum atomic E-state index is 10.7. The Hall–Kier alpha value is -0.560. The van der Waals surface area contributed by atoms with Crippen LogP contribution in [0.4, 0.5) is 5.69 Å². The zero-order valence-corrected chi connectivity index (χ0v) is 11.4. The first kappa shape index (κ1) is 12.5. The number of benzene rings is 1. The van der Waals surface area contributed by atoms with E-state index in [9.17, 15) is 4.79 Å². The topological polar surface area (TPSA) is 49.3 Å². The Balaban J connectivity index is 2.84. The number of halogens is 2. The number of hydrogen-bond donors (Lipinski definition) is 2. The van der Waals surface area contributed by atoms with Gasteiger partial charge in [0, 0.05) is 13.7 Å². The van der Waals surface area contributed by atoms with E-state index in [0.29, 0.717) is 0 Å². The third-order valence-corrected chi connectivity index (χ3v) is 4.08. The van der Waals surface area contributed by atoms with Crippen LogP contribution in [0.25, 0.3) is 0 Å². The molecule has 1 aromatic carbocycles. The smallest absolute Gasteiger partial charge is 0.330 e. The molecule has 0 fully saturated rings. The molecule has 0 aliphatic carbocycles. The molecule has 0 aliphatic heterocycles. The third kappa shape index (κ3) is 3.49. The van der Waals surface area contributed by atoms with Crippen LogP contribution in [-0.4, -0.2) is 17.1 Å². The van der Waals surface area contributed by atoms with Crippen LogP contribution in [0.3, 0.4) is 0 Å². The lowest BCUT2D eigenvalue weighted by molar-refractivity contribution is -0.136. The minimum Gasteiger partial charge on any atom is -0.479 e. The maximum Gasteiger partial charge on any atom is 0.330 e. The van der Waals surface area contributed by atoms with Gasteiger partial charge in [-0.15, -0.1) is 6.58 Å². The SMILES string of the molecule is C=CC(Nc1ccc(I)c(Br)c1)C(=O)O. The van der Waals surface area contributed by atoms with Crippen LogP contribution in [0.2, 0.25) is 0 Å². The average Bonchev–Trinajstić information content (AvgIpc) is 2.19. The van der Waals surface area contributed by atoms with Gasteiger partial charge in [0.1, 0.15) is 6.04 Å². The molecule has 0 aromatic heterocycles. The number of anilines is 1. The van der Waals surface area contributed by atoms with Crippen LogP contribution in [0.1, 0.15) is 0 Å². The Kier molecular flexibility index (Phi) is 4.59. The lowest BCUT2D eigenvalue weighted by atomic mass is 10.2. The molecule has 1 aromatic rings. The fourth-order valence-electron chi connectivity index (χ4n) is 0.987. The van der Waals surface area contributed by atoms with Gasteiger partial charge in [-0.3, -0.25) is 0 Å². The van der Waals surface area contributed by atoms with E-state index in [-0.39, 0.29) is 0 Å². The molecular formula is C10H9BrINO2. The summed E-state index contributed by atoms with van der Waals surface area (Å²) in [5.74, 6) is -0.945. The van der Waals surface area contributed by atoms with Gasteiger partial charge >= 0.3 is 5.97 Å². The van der Waals surface area contributed by atoms with E-state index in [1.165, 1.54) is 6.08 Å². The van der Waals surface area contributed by atoms with Gasteiger partial charge in [-0.05, 0) is 56.7 Å². The molecular weight excluding hydrogens is 373 g/mol. The molecule has 1 atom stereocenters. The highest BCUT2D eigenvalue weighted by atomic mass is 127. The highest BCUT2D eigenvalue weighted by molar-refractivity contribution is 14.1. The van der Waals surface area contributed by atoms with Crippen molar-refractivity contribution in [2.75, 3.05) is 5.32 Å². The largest absolute Gasteiger partial charge is 0.479 e. The molecule has 0 saturated carbocycles. The van der Waals surface area contributed by atoms with E-state index in [0.717, 1.165) is 13.7 Å². The fraction of sp³-hybridized carbons (Fsp3) is 0.100. The van der Waals surface area contributed by atoms with Crippen LogP contribution in [0.5, 0.6) is 0 Å². The zero-order valence-electron chi connectivity index (χ0n) is 7.71. The second-order valence-corrected chi connectivity index (χ2v) is 4.84. The van der Waals surface area contributed by atoms with Crippen LogP contribution in [0.15, 0.2) is 35.3 Å². The Labute approximate surface area is 110 Å². The van der Waals surface area contributed by atoms with Crippen LogP contribution in [0, 0.1) is 3.57 Å². The predicted molar refractivity (Wildman–Crippen MR) is 72.1 cm³/mol. The van der Waals surface area contributed by atoms with E-state index in [2.05, 4.69) is 50.4 Å². The lowest BCUT2D eigenvalue weighted by Crippen LogP contribution is -2.26. The number of carbonyl (C=O) groups is 1. The minimum atomic E-state index is -0.945. The average molecular weight is 382 g/mol. The van der Waals surface area contributed by atoms with Crippen molar-refractivity contribution >= 4 is 50.2 Å². The Bertz CT molecular complexity index is 395. The lowest BCUT2D eigenvalue weighted by Gasteiger charge is -2.12. The number of nitrogens with one attached hydrogen (secondary N) is 1. The van der Waals surface area contributed by atoms with E-state index in [1.54, 1.807) is 0 Å². The van der Waals surface area contributed by atoms with Crippen LogP contribution < -0.4 is 5.32 Å². The number of carboxylic acid groups (broad SMARTS) is 1. The molecule has 80 valence electrons. The Morgan fingerprint density at radius 3 is 2.80 bits per heavy atom. The summed E-state index contributed by atoms with van der Waals surface area (Å²) >= 11 is 5.56. The summed E-state index contributed by atoms with van der Waals surface area (Å²) in [6.45, 7) is 3.46. The van der Waals surface area contributed by atoms with Gasteiger partial charge in [0.25, 0.3) is 0 Å². The second kappa shape index (κ2) is 5.50. The van der Waals surface area contributed by atoms with Gasteiger partial charge in [0.2, 0.25) is 0 Å². The first-order chi connectivity index (χ1) is 7.04. The third-order valence-electron chi connectivity index (χ3n) is 1.74. The van der Waals surface area contributed by atoms with Crippen molar-refractivity contribution in [2.45, 2.75) is 6.04 Å². The quantitative estimate of drug-likeness (QED) is 0.622. The summed E-state index contributed by atoms with van der Waals surface area (Å²) < 4.78 is 2.00. The normalized spacial score (nSPS) is 11.9. The number of aliphatic carboxylic acids is 1. The van der Waals surface area contributed by atoms with Gasteiger partial charge in [-0.25, -0.2) is 4.79 Å². The number of hydrogen-bond acceptors (Lipinski definition) is 2. The predicted octanol–water partition coefficient (Wildman–Crippen LogP) is 3.10. The summed E-state index contributed by atoms with van der Waals surface area (Å²) in [5, 5.41) is 11.7. The first-order valence-electron chi connectivity index (χ1n) is 4.11. The van der Waals surface area contributed by atoms with Crippen molar-refractivity contribution in [3.63, 3.8) is 0 Å². The molecule has 3 nitrogen and oxygen atoms in total. The summed E-state index contributed by atoms with van der Waals surface area (Å²) in [5.41, 5.74) is 0.745. The summed E-state index contributed by atoms with van der Waals surface area (Å²) in [7, 11) is 0. The molecule has 5 heteroatoms. The van der Waals surface area contributed by atoms with Crippen molar-refractivity contribution in [3.8, 4) is 0 Å². The van der Waals surface area contributed by atoms with E-state index in [1.807, 2.05) is 18.2 Å². The monoisotopic (exact) mass is 381 g/mol. The fourth-order valence-corrected chi connectivity index (χ4v) is 1.70. The van der Waals surface area contributed by atoms with Gasteiger partial charge in [0.15, 0.2) is 0 Å². The Morgan fingerprint density at radius 1 is 1.67 bits per heavy atom. The summed E-state index contributed by atoms with van der Waals surface area (Å²) in [6, 6.07) is 4.79. The molecule has 0 amide bonds. The highest BCUT2D eigenvalue weighted by Crippen LogP contribution is 2.23. The van der Waals surface area contributed by atoms with Crippen molar-refractivity contribution in [1.82, 2.24) is 0 Å². The molecule has 2 N–H and O–H groups in total. The molecule has 0 radical (unpaired) electrons. The summed E-state index contributed by atoms with van der Waals surface area (Å²) in [4.78, 5) is 10.7. The maximum absolute atomic E-state index is 10.7.